The summed E-state index contributed by atoms with van der Waals surface area (Å²) in [6.45, 7) is 3.14. The molecule has 0 unspecified atom stereocenters. The third kappa shape index (κ3) is 1.75. The van der Waals surface area contributed by atoms with Crippen molar-refractivity contribution in [2.75, 3.05) is 0 Å². The average Bonchev–Trinajstić information content (AvgIpc) is 2.83. The van der Waals surface area contributed by atoms with Gasteiger partial charge in [-0.05, 0) is 31.9 Å². The van der Waals surface area contributed by atoms with E-state index < -0.39 is 0 Å². The zero-order valence-electron chi connectivity index (χ0n) is 8.90. The number of imidazole rings is 1. The molecule has 2 heterocycles. The van der Waals surface area contributed by atoms with E-state index in [-0.39, 0.29) is 0 Å². The van der Waals surface area contributed by atoms with Crippen molar-refractivity contribution >= 4 is 5.65 Å². The van der Waals surface area contributed by atoms with Crippen LogP contribution in [0.5, 0.6) is 0 Å². The Balaban J connectivity index is 1.79. The number of fused-ring (bicyclic) bond motifs is 1. The normalized spacial score (nSPS) is 18.2. The Kier molecular flexibility index (Phi) is 1.83. The summed E-state index contributed by atoms with van der Waals surface area (Å²) in [5.74, 6) is 0. The first-order valence-electron chi connectivity index (χ1n) is 5.43. The SMILES string of the molecule is CC1(NCc2cn3ccccc3n2)CC1. The van der Waals surface area contributed by atoms with Crippen molar-refractivity contribution in [1.29, 1.82) is 0 Å². The molecule has 1 aliphatic carbocycles. The van der Waals surface area contributed by atoms with Gasteiger partial charge in [0.2, 0.25) is 0 Å². The standard InChI is InChI=1S/C12H15N3/c1-12(5-6-12)13-8-10-9-15-7-3-2-4-11(15)14-10/h2-4,7,9,13H,5-6,8H2,1H3. The molecule has 0 aliphatic heterocycles. The van der Waals surface area contributed by atoms with E-state index >= 15 is 0 Å². The van der Waals surface area contributed by atoms with E-state index in [0.29, 0.717) is 5.54 Å². The van der Waals surface area contributed by atoms with Crippen molar-refractivity contribution in [3.05, 3.63) is 36.3 Å². The van der Waals surface area contributed by atoms with Gasteiger partial charge in [-0.2, -0.15) is 0 Å². The van der Waals surface area contributed by atoms with E-state index in [1.165, 1.54) is 12.8 Å². The molecule has 0 aromatic carbocycles. The molecule has 3 heteroatoms. The zero-order valence-corrected chi connectivity index (χ0v) is 8.90. The maximum absolute atomic E-state index is 4.54. The molecular weight excluding hydrogens is 186 g/mol. The number of rotatable bonds is 3. The van der Waals surface area contributed by atoms with Gasteiger partial charge in [-0.25, -0.2) is 4.98 Å². The molecule has 1 fully saturated rings. The fourth-order valence-electron chi connectivity index (χ4n) is 1.74. The van der Waals surface area contributed by atoms with Gasteiger partial charge in [-0.3, -0.25) is 0 Å². The lowest BCUT2D eigenvalue weighted by molar-refractivity contribution is 0.533. The summed E-state index contributed by atoms with van der Waals surface area (Å²) in [5.41, 5.74) is 2.53. The Morgan fingerprint density at radius 3 is 3.07 bits per heavy atom. The average molecular weight is 201 g/mol. The first-order chi connectivity index (χ1) is 7.25. The van der Waals surface area contributed by atoms with Gasteiger partial charge < -0.3 is 9.72 Å². The lowest BCUT2D eigenvalue weighted by Gasteiger charge is -2.08. The lowest BCUT2D eigenvalue weighted by Crippen LogP contribution is -2.27. The van der Waals surface area contributed by atoms with Crippen LogP contribution < -0.4 is 5.32 Å². The Morgan fingerprint density at radius 1 is 1.47 bits per heavy atom. The van der Waals surface area contributed by atoms with Gasteiger partial charge in [0.1, 0.15) is 5.65 Å². The van der Waals surface area contributed by atoms with Crippen LogP contribution in [-0.4, -0.2) is 14.9 Å². The van der Waals surface area contributed by atoms with Gasteiger partial charge in [0.25, 0.3) is 0 Å². The van der Waals surface area contributed by atoms with Crippen LogP contribution in [0.25, 0.3) is 5.65 Å². The second-order valence-corrected chi connectivity index (χ2v) is 4.61. The lowest BCUT2D eigenvalue weighted by atomic mass is 10.3. The summed E-state index contributed by atoms with van der Waals surface area (Å²) in [5, 5.41) is 3.53. The van der Waals surface area contributed by atoms with Crippen LogP contribution in [0.4, 0.5) is 0 Å². The summed E-state index contributed by atoms with van der Waals surface area (Å²) >= 11 is 0. The fourth-order valence-corrected chi connectivity index (χ4v) is 1.74. The van der Waals surface area contributed by atoms with Gasteiger partial charge in [0.15, 0.2) is 0 Å². The third-order valence-electron chi connectivity index (χ3n) is 3.11. The Labute approximate surface area is 89.1 Å². The molecule has 15 heavy (non-hydrogen) atoms. The van der Waals surface area contributed by atoms with Crippen LogP contribution in [0.1, 0.15) is 25.5 Å². The van der Waals surface area contributed by atoms with Crippen LogP contribution in [0, 0.1) is 0 Å². The summed E-state index contributed by atoms with van der Waals surface area (Å²) < 4.78 is 2.06. The smallest absolute Gasteiger partial charge is 0.137 e. The van der Waals surface area contributed by atoms with Gasteiger partial charge in [0.05, 0.1) is 5.69 Å². The van der Waals surface area contributed by atoms with Gasteiger partial charge in [-0.15, -0.1) is 0 Å². The van der Waals surface area contributed by atoms with Gasteiger partial charge in [-0.1, -0.05) is 6.07 Å². The van der Waals surface area contributed by atoms with Crippen molar-refractivity contribution in [2.24, 2.45) is 0 Å². The maximum Gasteiger partial charge on any atom is 0.137 e. The highest BCUT2D eigenvalue weighted by molar-refractivity contribution is 5.39. The highest BCUT2D eigenvalue weighted by Gasteiger charge is 2.36. The van der Waals surface area contributed by atoms with Crippen LogP contribution in [0.2, 0.25) is 0 Å². The number of aromatic nitrogens is 2. The molecule has 0 atom stereocenters. The molecule has 2 aromatic heterocycles. The molecule has 1 aliphatic rings. The number of nitrogens with zero attached hydrogens (tertiary/aromatic N) is 2. The van der Waals surface area contributed by atoms with Crippen molar-refractivity contribution in [1.82, 2.24) is 14.7 Å². The monoisotopic (exact) mass is 201 g/mol. The third-order valence-corrected chi connectivity index (χ3v) is 3.11. The highest BCUT2D eigenvalue weighted by atomic mass is 15.1. The van der Waals surface area contributed by atoms with Crippen LogP contribution in [-0.2, 0) is 6.54 Å². The summed E-state index contributed by atoms with van der Waals surface area (Å²) in [4.78, 5) is 4.54. The molecule has 3 nitrogen and oxygen atoms in total. The topological polar surface area (TPSA) is 29.3 Å². The molecule has 0 radical (unpaired) electrons. The van der Waals surface area contributed by atoms with Crippen LogP contribution >= 0.6 is 0 Å². The van der Waals surface area contributed by atoms with E-state index in [2.05, 4.69) is 27.8 Å². The largest absolute Gasteiger partial charge is 0.307 e. The molecule has 0 spiro atoms. The second-order valence-electron chi connectivity index (χ2n) is 4.61. The number of pyridine rings is 1. The highest BCUT2D eigenvalue weighted by Crippen LogP contribution is 2.34. The number of hydrogen-bond acceptors (Lipinski definition) is 2. The number of nitrogens with one attached hydrogen (secondary N) is 1. The predicted molar refractivity (Wildman–Crippen MR) is 59.7 cm³/mol. The van der Waals surface area contributed by atoms with E-state index in [1.54, 1.807) is 0 Å². The molecule has 0 bridgehead atoms. The molecule has 2 aromatic rings. The molecular formula is C12H15N3. The van der Waals surface area contributed by atoms with Crippen LogP contribution in [0.15, 0.2) is 30.6 Å². The molecule has 78 valence electrons. The molecule has 1 saturated carbocycles. The first-order valence-corrected chi connectivity index (χ1v) is 5.43. The Bertz CT molecular complexity index is 449. The quantitative estimate of drug-likeness (QED) is 0.822. The second kappa shape index (κ2) is 3.07. The first kappa shape index (κ1) is 8.92. The van der Waals surface area contributed by atoms with Crippen LogP contribution in [0.3, 0.4) is 0 Å². The van der Waals surface area contributed by atoms with E-state index in [4.69, 9.17) is 0 Å². The summed E-state index contributed by atoms with van der Waals surface area (Å²) in [6, 6.07) is 6.07. The van der Waals surface area contributed by atoms with Crippen molar-refractivity contribution < 1.29 is 0 Å². The number of hydrogen-bond donors (Lipinski definition) is 1. The van der Waals surface area contributed by atoms with Crippen molar-refractivity contribution in [2.45, 2.75) is 31.8 Å². The summed E-state index contributed by atoms with van der Waals surface area (Å²) in [7, 11) is 0. The Hall–Kier alpha value is -1.35. The Morgan fingerprint density at radius 2 is 2.33 bits per heavy atom. The predicted octanol–water partition coefficient (Wildman–Crippen LogP) is 1.98. The summed E-state index contributed by atoms with van der Waals surface area (Å²) in [6.07, 6.45) is 6.71. The molecule has 0 saturated heterocycles. The minimum absolute atomic E-state index is 0.385. The van der Waals surface area contributed by atoms with E-state index in [1.807, 2.05) is 24.4 Å². The fraction of sp³-hybridized carbons (Fsp3) is 0.417. The van der Waals surface area contributed by atoms with Gasteiger partial charge >= 0.3 is 0 Å². The van der Waals surface area contributed by atoms with Gasteiger partial charge in [0, 0.05) is 24.5 Å². The van der Waals surface area contributed by atoms with E-state index in [0.717, 1.165) is 17.9 Å². The van der Waals surface area contributed by atoms with Crippen molar-refractivity contribution in [3.63, 3.8) is 0 Å². The molecule has 0 amide bonds. The maximum atomic E-state index is 4.54. The van der Waals surface area contributed by atoms with Crippen molar-refractivity contribution in [3.8, 4) is 0 Å². The minimum Gasteiger partial charge on any atom is -0.307 e. The molecule has 3 rings (SSSR count). The minimum atomic E-state index is 0.385. The zero-order chi connectivity index (χ0) is 10.3. The van der Waals surface area contributed by atoms with E-state index in [9.17, 15) is 0 Å². The molecule has 1 N–H and O–H groups in total.